The van der Waals surface area contributed by atoms with Crippen LogP contribution in [0.25, 0.3) is 0 Å². The topological polar surface area (TPSA) is 18.5 Å². The second-order valence-corrected chi connectivity index (χ2v) is 6.66. The van der Waals surface area contributed by atoms with Crippen molar-refractivity contribution in [3.05, 3.63) is 29.3 Å². The number of benzene rings is 1. The lowest BCUT2D eigenvalue weighted by Crippen LogP contribution is -2.38. The third-order valence-corrected chi connectivity index (χ3v) is 5.45. The molecule has 3 heterocycles. The fourth-order valence-electron chi connectivity index (χ4n) is 4.30. The van der Waals surface area contributed by atoms with Crippen LogP contribution in [0.3, 0.4) is 0 Å². The average Bonchev–Trinajstić information content (AvgIpc) is 3.13. The standard InChI is InChI=1S/C17H25N3/c1-19-9-6-14-11-13(4-5-16(14)19)12-18-15-7-10-20-8-2-3-17(15)20/h4-5,11,15,17-18H,2-3,6-10,12H2,1H3. The van der Waals surface area contributed by atoms with E-state index in [-0.39, 0.29) is 0 Å². The van der Waals surface area contributed by atoms with Crippen LogP contribution in [0.5, 0.6) is 0 Å². The summed E-state index contributed by atoms with van der Waals surface area (Å²) >= 11 is 0. The van der Waals surface area contributed by atoms with Gasteiger partial charge < -0.3 is 10.2 Å². The van der Waals surface area contributed by atoms with Crippen LogP contribution < -0.4 is 10.2 Å². The molecule has 0 saturated carbocycles. The van der Waals surface area contributed by atoms with E-state index in [1.54, 1.807) is 0 Å². The zero-order chi connectivity index (χ0) is 13.5. The summed E-state index contributed by atoms with van der Waals surface area (Å²) in [7, 11) is 2.19. The molecule has 0 bridgehead atoms. The quantitative estimate of drug-likeness (QED) is 0.907. The molecular weight excluding hydrogens is 246 g/mol. The molecule has 3 nitrogen and oxygen atoms in total. The van der Waals surface area contributed by atoms with E-state index in [1.807, 2.05) is 0 Å². The lowest BCUT2D eigenvalue weighted by Gasteiger charge is -2.21. The predicted molar refractivity (Wildman–Crippen MR) is 83.3 cm³/mol. The number of nitrogens with zero attached hydrogens (tertiary/aromatic N) is 2. The van der Waals surface area contributed by atoms with Crippen LogP contribution in [0.1, 0.15) is 30.4 Å². The van der Waals surface area contributed by atoms with Crippen molar-refractivity contribution in [2.75, 3.05) is 31.6 Å². The summed E-state index contributed by atoms with van der Waals surface area (Å²) in [6.07, 6.45) is 5.33. The SMILES string of the molecule is CN1CCc2cc(CNC3CCN4CCCC34)ccc21. The molecule has 1 aromatic rings. The van der Waals surface area contributed by atoms with E-state index in [2.05, 4.69) is 40.4 Å². The maximum absolute atomic E-state index is 3.82. The van der Waals surface area contributed by atoms with Gasteiger partial charge >= 0.3 is 0 Å². The van der Waals surface area contributed by atoms with Gasteiger partial charge in [0.15, 0.2) is 0 Å². The van der Waals surface area contributed by atoms with Gasteiger partial charge in [0.1, 0.15) is 0 Å². The van der Waals surface area contributed by atoms with E-state index >= 15 is 0 Å². The van der Waals surface area contributed by atoms with Gasteiger partial charge in [0.05, 0.1) is 0 Å². The molecule has 20 heavy (non-hydrogen) atoms. The molecule has 0 aliphatic carbocycles. The maximum Gasteiger partial charge on any atom is 0.0397 e. The molecule has 1 aromatic carbocycles. The molecule has 0 radical (unpaired) electrons. The van der Waals surface area contributed by atoms with E-state index in [1.165, 1.54) is 62.1 Å². The van der Waals surface area contributed by atoms with E-state index in [9.17, 15) is 0 Å². The van der Waals surface area contributed by atoms with Crippen molar-refractivity contribution >= 4 is 5.69 Å². The normalized spacial score (nSPS) is 28.9. The fourth-order valence-corrected chi connectivity index (χ4v) is 4.30. The Labute approximate surface area is 121 Å². The number of likely N-dealkylation sites (N-methyl/N-ethyl adjacent to an activating group) is 1. The highest BCUT2D eigenvalue weighted by Crippen LogP contribution is 2.29. The molecular formula is C17H25N3. The Hall–Kier alpha value is -1.06. The largest absolute Gasteiger partial charge is 0.374 e. The van der Waals surface area contributed by atoms with Gasteiger partial charge in [-0.1, -0.05) is 12.1 Å². The van der Waals surface area contributed by atoms with Crippen LogP contribution in [0, 0.1) is 0 Å². The van der Waals surface area contributed by atoms with Gasteiger partial charge in [-0.3, -0.25) is 4.90 Å². The minimum Gasteiger partial charge on any atom is -0.374 e. The van der Waals surface area contributed by atoms with Crippen molar-refractivity contribution in [3.8, 4) is 0 Å². The number of hydrogen-bond acceptors (Lipinski definition) is 3. The van der Waals surface area contributed by atoms with Crippen molar-refractivity contribution in [2.45, 2.75) is 44.3 Å². The summed E-state index contributed by atoms with van der Waals surface area (Å²) < 4.78 is 0. The van der Waals surface area contributed by atoms with Crippen molar-refractivity contribution in [1.29, 1.82) is 0 Å². The summed E-state index contributed by atoms with van der Waals surface area (Å²) in [4.78, 5) is 5.04. The lowest BCUT2D eigenvalue weighted by molar-refractivity contribution is 0.298. The highest BCUT2D eigenvalue weighted by molar-refractivity contribution is 5.58. The molecule has 4 rings (SSSR count). The van der Waals surface area contributed by atoms with E-state index in [0.717, 1.165) is 12.6 Å². The summed E-state index contributed by atoms with van der Waals surface area (Å²) in [5.41, 5.74) is 4.41. The highest BCUT2D eigenvalue weighted by Gasteiger charge is 2.36. The fraction of sp³-hybridized carbons (Fsp3) is 0.647. The molecule has 0 spiro atoms. The van der Waals surface area contributed by atoms with Gasteiger partial charge in [0, 0.05) is 44.5 Å². The van der Waals surface area contributed by atoms with E-state index < -0.39 is 0 Å². The average molecular weight is 271 g/mol. The molecule has 2 atom stereocenters. The summed E-state index contributed by atoms with van der Waals surface area (Å²) in [5, 5.41) is 3.82. The first-order valence-electron chi connectivity index (χ1n) is 8.11. The van der Waals surface area contributed by atoms with Crippen LogP contribution >= 0.6 is 0 Å². The molecule has 3 aliphatic heterocycles. The van der Waals surface area contributed by atoms with E-state index in [0.29, 0.717) is 6.04 Å². The Morgan fingerprint density at radius 2 is 2.15 bits per heavy atom. The smallest absolute Gasteiger partial charge is 0.0397 e. The summed E-state index contributed by atoms with van der Waals surface area (Å²) in [5.74, 6) is 0. The molecule has 0 amide bonds. The number of fused-ring (bicyclic) bond motifs is 2. The third kappa shape index (κ3) is 2.13. The highest BCUT2D eigenvalue weighted by atomic mass is 15.2. The molecule has 3 aliphatic rings. The van der Waals surface area contributed by atoms with Gasteiger partial charge in [-0.15, -0.1) is 0 Å². The first kappa shape index (κ1) is 12.7. The van der Waals surface area contributed by atoms with Crippen molar-refractivity contribution in [2.24, 2.45) is 0 Å². The van der Waals surface area contributed by atoms with Crippen molar-refractivity contribution in [3.63, 3.8) is 0 Å². The Morgan fingerprint density at radius 1 is 1.20 bits per heavy atom. The molecule has 1 N–H and O–H groups in total. The van der Waals surface area contributed by atoms with Gasteiger partial charge in [-0.25, -0.2) is 0 Å². The first-order valence-corrected chi connectivity index (χ1v) is 8.11. The minimum atomic E-state index is 0.716. The number of anilines is 1. The Morgan fingerprint density at radius 3 is 3.10 bits per heavy atom. The number of rotatable bonds is 3. The van der Waals surface area contributed by atoms with Gasteiger partial charge in [-0.2, -0.15) is 0 Å². The second kappa shape index (κ2) is 5.05. The molecule has 108 valence electrons. The Kier molecular flexibility index (Phi) is 3.20. The minimum absolute atomic E-state index is 0.716. The van der Waals surface area contributed by atoms with Crippen LogP contribution in [0.4, 0.5) is 5.69 Å². The monoisotopic (exact) mass is 271 g/mol. The number of nitrogens with one attached hydrogen (secondary N) is 1. The zero-order valence-electron chi connectivity index (χ0n) is 12.4. The first-order chi connectivity index (χ1) is 9.81. The zero-order valence-corrected chi connectivity index (χ0v) is 12.4. The van der Waals surface area contributed by atoms with Gasteiger partial charge in [0.25, 0.3) is 0 Å². The van der Waals surface area contributed by atoms with Crippen LogP contribution in [-0.4, -0.2) is 43.7 Å². The van der Waals surface area contributed by atoms with Gasteiger partial charge in [0.2, 0.25) is 0 Å². The van der Waals surface area contributed by atoms with Crippen molar-refractivity contribution in [1.82, 2.24) is 10.2 Å². The molecule has 2 fully saturated rings. The van der Waals surface area contributed by atoms with Crippen LogP contribution in [-0.2, 0) is 13.0 Å². The third-order valence-electron chi connectivity index (χ3n) is 5.45. The second-order valence-electron chi connectivity index (χ2n) is 6.66. The summed E-state index contributed by atoms with van der Waals surface area (Å²) in [6.45, 7) is 4.84. The molecule has 2 unspecified atom stereocenters. The summed E-state index contributed by atoms with van der Waals surface area (Å²) in [6, 6.07) is 8.54. The molecule has 0 aromatic heterocycles. The van der Waals surface area contributed by atoms with Crippen molar-refractivity contribution < 1.29 is 0 Å². The Bertz CT molecular complexity index is 499. The van der Waals surface area contributed by atoms with Crippen LogP contribution in [0.15, 0.2) is 18.2 Å². The molecule has 3 heteroatoms. The maximum atomic E-state index is 3.82. The lowest BCUT2D eigenvalue weighted by atomic mass is 10.0. The number of hydrogen-bond donors (Lipinski definition) is 1. The van der Waals surface area contributed by atoms with Crippen LogP contribution in [0.2, 0.25) is 0 Å². The molecule has 2 saturated heterocycles. The predicted octanol–water partition coefficient (Wildman–Crippen LogP) is 2.01. The Balaban J connectivity index is 1.40. The van der Waals surface area contributed by atoms with E-state index in [4.69, 9.17) is 0 Å². The van der Waals surface area contributed by atoms with Gasteiger partial charge in [-0.05, 0) is 49.4 Å².